The van der Waals surface area contributed by atoms with Crippen LogP contribution in [-0.4, -0.2) is 9.36 Å². The minimum absolute atomic E-state index is 0.0845. The molecular formula is C16H21N3O. The van der Waals surface area contributed by atoms with Gasteiger partial charge in [0.2, 0.25) is 0 Å². The summed E-state index contributed by atoms with van der Waals surface area (Å²) in [7, 11) is 0. The summed E-state index contributed by atoms with van der Waals surface area (Å²) in [6, 6.07) is 6.19. The Bertz CT molecular complexity index is 700. The molecule has 1 heterocycles. The average molecular weight is 271 g/mol. The van der Waals surface area contributed by atoms with E-state index in [-0.39, 0.29) is 5.56 Å². The predicted molar refractivity (Wildman–Crippen MR) is 81.6 cm³/mol. The third-order valence-electron chi connectivity index (χ3n) is 3.93. The molecule has 4 heteroatoms. The lowest BCUT2D eigenvalue weighted by Gasteiger charge is -2.14. The summed E-state index contributed by atoms with van der Waals surface area (Å²) < 4.78 is 3.78. The number of nitrogen functional groups attached to an aromatic ring is 1. The standard InChI is InChI=1S/C16H21N3O/c1-4-18-15(12-5-6-12)14(17)16(20)19(18)13-8-10(2)7-11(3)9-13/h7-9,12H,4-6,17H2,1-3H3. The summed E-state index contributed by atoms with van der Waals surface area (Å²) in [4.78, 5) is 12.5. The van der Waals surface area contributed by atoms with Gasteiger partial charge in [0.1, 0.15) is 5.69 Å². The average Bonchev–Trinajstić information content (AvgIpc) is 3.17. The molecule has 1 fully saturated rings. The first-order valence-corrected chi connectivity index (χ1v) is 7.22. The summed E-state index contributed by atoms with van der Waals surface area (Å²) in [5, 5.41) is 0. The van der Waals surface area contributed by atoms with E-state index in [4.69, 9.17) is 5.73 Å². The molecule has 0 radical (unpaired) electrons. The number of nitrogens with two attached hydrogens (primary N) is 1. The Morgan fingerprint density at radius 3 is 2.30 bits per heavy atom. The fourth-order valence-corrected chi connectivity index (χ4v) is 3.01. The van der Waals surface area contributed by atoms with Crippen LogP contribution in [0.5, 0.6) is 0 Å². The van der Waals surface area contributed by atoms with E-state index >= 15 is 0 Å². The molecule has 0 unspecified atom stereocenters. The van der Waals surface area contributed by atoms with Crippen molar-refractivity contribution in [2.45, 2.75) is 46.1 Å². The van der Waals surface area contributed by atoms with Gasteiger partial charge in [-0.1, -0.05) is 6.07 Å². The zero-order valence-corrected chi connectivity index (χ0v) is 12.3. The van der Waals surface area contributed by atoms with E-state index in [2.05, 4.69) is 13.0 Å². The van der Waals surface area contributed by atoms with Gasteiger partial charge in [-0.15, -0.1) is 0 Å². The van der Waals surface area contributed by atoms with Crippen LogP contribution in [0.1, 0.15) is 42.5 Å². The molecule has 2 aromatic rings. The van der Waals surface area contributed by atoms with Crippen LogP contribution in [0.25, 0.3) is 5.69 Å². The zero-order valence-electron chi connectivity index (χ0n) is 12.3. The van der Waals surface area contributed by atoms with Crippen molar-refractivity contribution in [2.75, 3.05) is 5.73 Å². The van der Waals surface area contributed by atoms with E-state index in [1.54, 1.807) is 4.68 Å². The highest BCUT2D eigenvalue weighted by molar-refractivity contribution is 5.49. The van der Waals surface area contributed by atoms with Crippen LogP contribution in [-0.2, 0) is 6.54 Å². The van der Waals surface area contributed by atoms with E-state index in [9.17, 15) is 4.79 Å². The van der Waals surface area contributed by atoms with Gasteiger partial charge < -0.3 is 5.73 Å². The summed E-state index contributed by atoms with van der Waals surface area (Å²) in [6.07, 6.45) is 2.28. The molecule has 1 aromatic heterocycles. The molecule has 1 aliphatic rings. The normalized spacial score (nSPS) is 14.8. The van der Waals surface area contributed by atoms with Gasteiger partial charge in [-0.25, -0.2) is 4.68 Å². The maximum absolute atomic E-state index is 12.5. The Labute approximate surface area is 118 Å². The lowest BCUT2D eigenvalue weighted by molar-refractivity contribution is 0.548. The van der Waals surface area contributed by atoms with Gasteiger partial charge in [-0.2, -0.15) is 0 Å². The molecule has 0 spiro atoms. The highest BCUT2D eigenvalue weighted by atomic mass is 16.1. The Morgan fingerprint density at radius 2 is 1.80 bits per heavy atom. The molecule has 2 N–H and O–H groups in total. The number of anilines is 1. The van der Waals surface area contributed by atoms with Crippen LogP contribution in [0, 0.1) is 13.8 Å². The smallest absolute Gasteiger partial charge is 0.294 e. The van der Waals surface area contributed by atoms with Gasteiger partial charge in [0.15, 0.2) is 0 Å². The lowest BCUT2D eigenvalue weighted by atomic mass is 10.1. The number of aromatic nitrogens is 2. The summed E-state index contributed by atoms with van der Waals surface area (Å²) in [5.74, 6) is 0.467. The number of hydrogen-bond donors (Lipinski definition) is 1. The Morgan fingerprint density at radius 1 is 1.20 bits per heavy atom. The van der Waals surface area contributed by atoms with Gasteiger partial charge in [-0.3, -0.25) is 9.48 Å². The second-order valence-corrected chi connectivity index (χ2v) is 5.75. The van der Waals surface area contributed by atoms with E-state index in [0.29, 0.717) is 11.6 Å². The van der Waals surface area contributed by atoms with Gasteiger partial charge in [0, 0.05) is 12.5 Å². The van der Waals surface area contributed by atoms with Crippen LogP contribution >= 0.6 is 0 Å². The highest BCUT2D eigenvalue weighted by Gasteiger charge is 2.32. The number of rotatable bonds is 3. The molecule has 3 rings (SSSR count). The van der Waals surface area contributed by atoms with Crippen molar-refractivity contribution in [1.82, 2.24) is 9.36 Å². The lowest BCUT2D eigenvalue weighted by Crippen LogP contribution is -2.22. The maximum atomic E-state index is 12.5. The fraction of sp³-hybridized carbons (Fsp3) is 0.438. The quantitative estimate of drug-likeness (QED) is 0.933. The SMILES string of the molecule is CCn1c(C2CC2)c(N)c(=O)n1-c1cc(C)cc(C)c1. The summed E-state index contributed by atoms with van der Waals surface area (Å²) in [5.41, 5.74) is 10.7. The first-order valence-electron chi connectivity index (χ1n) is 7.22. The van der Waals surface area contributed by atoms with E-state index in [1.165, 1.54) is 0 Å². The largest absolute Gasteiger partial charge is 0.393 e. The van der Waals surface area contributed by atoms with Crippen molar-refractivity contribution in [3.63, 3.8) is 0 Å². The monoisotopic (exact) mass is 271 g/mol. The molecule has 0 saturated heterocycles. The molecule has 1 aliphatic carbocycles. The summed E-state index contributed by atoms with van der Waals surface area (Å²) >= 11 is 0. The molecule has 106 valence electrons. The molecule has 0 bridgehead atoms. The minimum atomic E-state index is -0.0845. The molecule has 20 heavy (non-hydrogen) atoms. The Kier molecular flexibility index (Phi) is 2.96. The van der Waals surface area contributed by atoms with Crippen molar-refractivity contribution in [3.8, 4) is 5.69 Å². The van der Waals surface area contributed by atoms with Crippen molar-refractivity contribution < 1.29 is 0 Å². The van der Waals surface area contributed by atoms with Crippen LogP contribution in [0.3, 0.4) is 0 Å². The van der Waals surface area contributed by atoms with Crippen LogP contribution < -0.4 is 11.3 Å². The predicted octanol–water partition coefficient (Wildman–Crippen LogP) is 2.74. The minimum Gasteiger partial charge on any atom is -0.393 e. The van der Waals surface area contributed by atoms with Gasteiger partial charge in [0.05, 0.1) is 11.4 Å². The van der Waals surface area contributed by atoms with Crippen molar-refractivity contribution in [1.29, 1.82) is 0 Å². The number of benzene rings is 1. The second-order valence-electron chi connectivity index (χ2n) is 5.75. The molecule has 0 amide bonds. The van der Waals surface area contributed by atoms with Crippen LogP contribution in [0.15, 0.2) is 23.0 Å². The van der Waals surface area contributed by atoms with E-state index < -0.39 is 0 Å². The molecule has 0 atom stereocenters. The van der Waals surface area contributed by atoms with Gasteiger partial charge in [-0.05, 0) is 56.9 Å². The number of hydrogen-bond acceptors (Lipinski definition) is 2. The molecule has 1 aromatic carbocycles. The third kappa shape index (κ3) is 1.96. The van der Waals surface area contributed by atoms with Crippen molar-refractivity contribution in [3.05, 3.63) is 45.4 Å². The Hall–Kier alpha value is -1.97. The number of nitrogens with zero attached hydrogens (tertiary/aromatic N) is 2. The van der Waals surface area contributed by atoms with Crippen LogP contribution in [0.2, 0.25) is 0 Å². The first-order chi connectivity index (χ1) is 9.52. The Balaban J connectivity index is 2.27. The summed E-state index contributed by atoms with van der Waals surface area (Å²) in [6.45, 7) is 6.91. The first kappa shape index (κ1) is 13.0. The van der Waals surface area contributed by atoms with Gasteiger partial charge >= 0.3 is 0 Å². The zero-order chi connectivity index (χ0) is 14.4. The second kappa shape index (κ2) is 4.54. The fourth-order valence-electron chi connectivity index (χ4n) is 3.01. The molecule has 1 saturated carbocycles. The van der Waals surface area contributed by atoms with E-state index in [1.807, 2.05) is 30.7 Å². The van der Waals surface area contributed by atoms with Crippen molar-refractivity contribution in [2.24, 2.45) is 0 Å². The maximum Gasteiger partial charge on any atom is 0.294 e. The third-order valence-corrected chi connectivity index (χ3v) is 3.93. The van der Waals surface area contributed by atoms with Crippen molar-refractivity contribution >= 4 is 5.69 Å². The highest BCUT2D eigenvalue weighted by Crippen LogP contribution is 2.42. The van der Waals surface area contributed by atoms with Crippen LogP contribution in [0.4, 0.5) is 5.69 Å². The topological polar surface area (TPSA) is 52.9 Å². The molecule has 4 nitrogen and oxygen atoms in total. The molecular weight excluding hydrogens is 250 g/mol. The van der Waals surface area contributed by atoms with E-state index in [0.717, 1.165) is 41.9 Å². The van der Waals surface area contributed by atoms with Gasteiger partial charge in [0.25, 0.3) is 5.56 Å². The molecule has 0 aliphatic heterocycles. The number of aryl methyl sites for hydroxylation is 2.